The molecule has 0 aromatic carbocycles. The Bertz CT molecular complexity index is 74.9. The van der Waals surface area contributed by atoms with Crippen molar-refractivity contribution in [3.05, 3.63) is 0 Å². The van der Waals surface area contributed by atoms with Crippen LogP contribution in [0.5, 0.6) is 0 Å². The van der Waals surface area contributed by atoms with Crippen LogP contribution in [-0.2, 0) is 0 Å². The second kappa shape index (κ2) is 2.46. The zero-order chi connectivity index (χ0) is 5.98. The van der Waals surface area contributed by atoms with Gasteiger partial charge < -0.3 is 5.11 Å². The van der Waals surface area contributed by atoms with E-state index in [0.29, 0.717) is 6.04 Å². The molecule has 1 aliphatic heterocycles. The lowest BCUT2D eigenvalue weighted by Crippen LogP contribution is -2.22. The minimum atomic E-state index is 0.240. The predicted molar refractivity (Wildman–Crippen MR) is 31.7 cm³/mol. The minimum Gasteiger partial charge on any atom is -0.395 e. The van der Waals surface area contributed by atoms with Gasteiger partial charge in [-0.05, 0) is 19.8 Å². The number of nitrogens with zero attached hydrogens (tertiary/aromatic N) is 1. The van der Waals surface area contributed by atoms with E-state index in [2.05, 4.69) is 12.2 Å². The number of aliphatic hydroxyl groups is 1. The largest absolute Gasteiger partial charge is 0.395 e. The summed E-state index contributed by atoms with van der Waals surface area (Å²) in [5, 5.41) is 12.8. The van der Waals surface area contributed by atoms with Crippen molar-refractivity contribution in [2.75, 3.05) is 6.61 Å². The summed E-state index contributed by atoms with van der Waals surface area (Å²) >= 11 is 0. The molecule has 0 bridgehead atoms. The lowest BCUT2D eigenvalue weighted by atomic mass is 10.2. The van der Waals surface area contributed by atoms with Crippen LogP contribution in [-0.4, -0.2) is 23.8 Å². The highest BCUT2D eigenvalue weighted by Crippen LogP contribution is 2.12. The van der Waals surface area contributed by atoms with Gasteiger partial charge in [-0.25, -0.2) is 5.32 Å². The first kappa shape index (κ1) is 6.05. The Balaban J connectivity index is 2.22. The third-order valence-electron chi connectivity index (χ3n) is 1.59. The molecule has 1 radical (unpaired) electrons. The molecule has 2 unspecified atom stereocenters. The van der Waals surface area contributed by atoms with Crippen molar-refractivity contribution in [3.8, 4) is 0 Å². The maximum atomic E-state index is 8.59. The number of aliphatic hydroxyl groups excluding tert-OH is 1. The minimum absolute atomic E-state index is 0.240. The highest BCUT2D eigenvalue weighted by molar-refractivity contribution is 4.78. The molecule has 1 N–H and O–H groups in total. The van der Waals surface area contributed by atoms with E-state index in [1.165, 1.54) is 0 Å². The van der Waals surface area contributed by atoms with Gasteiger partial charge in [-0.2, -0.15) is 0 Å². The van der Waals surface area contributed by atoms with Crippen LogP contribution in [0.3, 0.4) is 0 Å². The van der Waals surface area contributed by atoms with Crippen LogP contribution in [0.4, 0.5) is 0 Å². The SMILES string of the molecule is CC1CCC(CO)[N]1. The summed E-state index contributed by atoms with van der Waals surface area (Å²) < 4.78 is 0. The van der Waals surface area contributed by atoms with Crippen LogP contribution in [0, 0.1) is 0 Å². The monoisotopic (exact) mass is 114 g/mol. The Labute approximate surface area is 49.9 Å². The fourth-order valence-electron chi connectivity index (χ4n) is 1.08. The van der Waals surface area contributed by atoms with Gasteiger partial charge in [0.25, 0.3) is 0 Å². The van der Waals surface area contributed by atoms with E-state index in [0.717, 1.165) is 12.8 Å². The Morgan fingerprint density at radius 2 is 2.38 bits per heavy atom. The van der Waals surface area contributed by atoms with E-state index in [-0.39, 0.29) is 12.6 Å². The zero-order valence-electron chi connectivity index (χ0n) is 5.17. The summed E-state index contributed by atoms with van der Waals surface area (Å²) in [7, 11) is 0. The van der Waals surface area contributed by atoms with Gasteiger partial charge >= 0.3 is 0 Å². The summed E-state index contributed by atoms with van der Waals surface area (Å²) in [5.74, 6) is 0. The van der Waals surface area contributed by atoms with E-state index >= 15 is 0 Å². The van der Waals surface area contributed by atoms with E-state index in [9.17, 15) is 0 Å². The first-order valence-corrected chi connectivity index (χ1v) is 3.13. The highest BCUT2D eigenvalue weighted by atomic mass is 16.3. The van der Waals surface area contributed by atoms with Crippen molar-refractivity contribution in [1.29, 1.82) is 0 Å². The maximum Gasteiger partial charge on any atom is 0.0601 e. The van der Waals surface area contributed by atoms with Gasteiger partial charge in [-0.3, -0.25) is 0 Å². The van der Waals surface area contributed by atoms with Gasteiger partial charge in [-0.15, -0.1) is 0 Å². The first-order valence-electron chi connectivity index (χ1n) is 3.13. The molecule has 8 heavy (non-hydrogen) atoms. The first-order chi connectivity index (χ1) is 3.83. The second-order valence-corrected chi connectivity index (χ2v) is 2.41. The van der Waals surface area contributed by atoms with Crippen LogP contribution in [0.1, 0.15) is 19.8 Å². The number of rotatable bonds is 1. The van der Waals surface area contributed by atoms with Gasteiger partial charge in [-0.1, -0.05) is 0 Å². The molecule has 0 aromatic heterocycles. The summed E-state index contributed by atoms with van der Waals surface area (Å²) in [6.45, 7) is 2.33. The van der Waals surface area contributed by atoms with E-state index in [1.54, 1.807) is 0 Å². The lowest BCUT2D eigenvalue weighted by molar-refractivity contribution is 0.250. The standard InChI is InChI=1S/C6H12NO/c1-5-2-3-6(4-8)7-5/h5-6,8H,2-4H2,1H3. The molecule has 0 amide bonds. The molecule has 1 heterocycles. The Hall–Kier alpha value is -0.0800. The Kier molecular flexibility index (Phi) is 1.86. The summed E-state index contributed by atoms with van der Waals surface area (Å²) in [5.41, 5.74) is 0. The van der Waals surface area contributed by atoms with Crippen LogP contribution < -0.4 is 5.32 Å². The van der Waals surface area contributed by atoms with E-state index in [4.69, 9.17) is 5.11 Å². The molecule has 47 valence electrons. The number of hydrogen-bond donors (Lipinski definition) is 1. The van der Waals surface area contributed by atoms with Gasteiger partial charge in [0, 0.05) is 12.1 Å². The van der Waals surface area contributed by atoms with Crippen molar-refractivity contribution >= 4 is 0 Å². The smallest absolute Gasteiger partial charge is 0.0601 e. The topological polar surface area (TPSA) is 34.3 Å². The van der Waals surface area contributed by atoms with Crippen LogP contribution in [0.25, 0.3) is 0 Å². The molecule has 2 nitrogen and oxygen atoms in total. The van der Waals surface area contributed by atoms with Crippen molar-refractivity contribution < 1.29 is 5.11 Å². The van der Waals surface area contributed by atoms with Gasteiger partial charge in [0.1, 0.15) is 0 Å². The lowest BCUT2D eigenvalue weighted by Gasteiger charge is -2.02. The van der Waals surface area contributed by atoms with Crippen molar-refractivity contribution in [2.45, 2.75) is 31.8 Å². The molecule has 2 atom stereocenters. The molecule has 1 fully saturated rings. The molecule has 0 saturated carbocycles. The molecule has 1 rings (SSSR count). The quantitative estimate of drug-likeness (QED) is 0.516. The molecule has 1 saturated heterocycles. The predicted octanol–water partition coefficient (Wildman–Crippen LogP) is 0.134. The van der Waals surface area contributed by atoms with Crippen molar-refractivity contribution in [2.24, 2.45) is 0 Å². The van der Waals surface area contributed by atoms with Crippen LogP contribution >= 0.6 is 0 Å². The summed E-state index contributed by atoms with van der Waals surface area (Å²) in [6.07, 6.45) is 2.24. The van der Waals surface area contributed by atoms with Gasteiger partial charge in [0.15, 0.2) is 0 Å². The fraction of sp³-hybridized carbons (Fsp3) is 1.00. The molecular formula is C6H12NO. The van der Waals surface area contributed by atoms with Crippen LogP contribution in [0.15, 0.2) is 0 Å². The zero-order valence-corrected chi connectivity index (χ0v) is 5.17. The fourth-order valence-corrected chi connectivity index (χ4v) is 1.08. The second-order valence-electron chi connectivity index (χ2n) is 2.41. The van der Waals surface area contributed by atoms with Crippen molar-refractivity contribution in [3.63, 3.8) is 0 Å². The summed E-state index contributed by atoms with van der Waals surface area (Å²) in [6, 6.07) is 0.747. The van der Waals surface area contributed by atoms with E-state index < -0.39 is 0 Å². The third kappa shape index (κ3) is 1.20. The van der Waals surface area contributed by atoms with Gasteiger partial charge in [0.05, 0.1) is 6.61 Å². The average Bonchev–Trinajstić information content (AvgIpc) is 2.14. The average molecular weight is 114 g/mol. The Morgan fingerprint density at radius 3 is 2.62 bits per heavy atom. The number of hydrogen-bond acceptors (Lipinski definition) is 1. The third-order valence-corrected chi connectivity index (χ3v) is 1.59. The molecular weight excluding hydrogens is 102 g/mol. The highest BCUT2D eigenvalue weighted by Gasteiger charge is 2.19. The molecule has 0 aromatic rings. The van der Waals surface area contributed by atoms with Gasteiger partial charge in [0.2, 0.25) is 0 Å². The summed E-state index contributed by atoms with van der Waals surface area (Å²) in [4.78, 5) is 0. The van der Waals surface area contributed by atoms with E-state index in [1.807, 2.05) is 0 Å². The maximum absolute atomic E-state index is 8.59. The van der Waals surface area contributed by atoms with Crippen molar-refractivity contribution in [1.82, 2.24) is 5.32 Å². The molecule has 0 spiro atoms. The van der Waals surface area contributed by atoms with Crippen LogP contribution in [0.2, 0.25) is 0 Å². The molecule has 2 heteroatoms. The normalized spacial score (nSPS) is 38.2. The molecule has 1 aliphatic rings. The molecule has 0 aliphatic carbocycles. The Morgan fingerprint density at radius 1 is 1.62 bits per heavy atom.